The molecule has 0 amide bonds. The van der Waals surface area contributed by atoms with Crippen molar-refractivity contribution in [2.45, 2.75) is 30.6 Å². The molecule has 3 rings (SSSR count). The molecule has 22 heavy (non-hydrogen) atoms. The summed E-state index contributed by atoms with van der Waals surface area (Å²) in [7, 11) is 0. The molecule has 0 aliphatic carbocycles. The van der Waals surface area contributed by atoms with Crippen molar-refractivity contribution < 1.29 is 25.2 Å². The number of nitrogens with two attached hydrogens (primary N) is 2. The lowest BCUT2D eigenvalue weighted by Crippen LogP contribution is -2.56. The third kappa shape index (κ3) is 2.15. The number of hydrogen-bond donors (Lipinski definition) is 6. The summed E-state index contributed by atoms with van der Waals surface area (Å²) in [6.45, 7) is -0.534. The van der Waals surface area contributed by atoms with Crippen molar-refractivity contribution in [1.82, 2.24) is 19.5 Å². The average Bonchev–Trinajstić information content (AvgIpc) is 2.89. The van der Waals surface area contributed by atoms with Gasteiger partial charge in [0.15, 0.2) is 17.7 Å². The molecule has 11 heteroatoms. The molecule has 2 aromatic rings. The van der Waals surface area contributed by atoms with E-state index >= 15 is 0 Å². The average molecular weight is 312 g/mol. The molecule has 0 saturated carbocycles. The Bertz CT molecular complexity index is 691. The molecule has 8 N–H and O–H groups in total. The van der Waals surface area contributed by atoms with Crippen LogP contribution in [0, 0.1) is 0 Å². The molecule has 1 fully saturated rings. The molecule has 2 aromatic heterocycles. The van der Waals surface area contributed by atoms with E-state index in [4.69, 9.17) is 16.2 Å². The van der Waals surface area contributed by atoms with E-state index in [1.54, 1.807) is 0 Å². The van der Waals surface area contributed by atoms with Crippen molar-refractivity contribution in [3.8, 4) is 0 Å². The number of aliphatic hydroxyl groups is 4. The molecule has 0 radical (unpaired) electrons. The molecular formula is C11H16N6O5. The number of nitrogen functional groups attached to an aromatic ring is 2. The van der Waals surface area contributed by atoms with Crippen molar-refractivity contribution in [1.29, 1.82) is 0 Å². The third-order valence-electron chi connectivity index (χ3n) is 3.61. The number of hydrogen-bond acceptors (Lipinski definition) is 10. The SMILES string of the molecule is Nc1nc(N)c2ncn([C@@H]3O[C@H](CO)[C@@H](O)[C@H](O)[C@H]3O)c2n1. The van der Waals surface area contributed by atoms with Crippen LogP contribution in [0.2, 0.25) is 0 Å². The summed E-state index contributed by atoms with van der Waals surface area (Å²) < 4.78 is 6.75. The Hall–Kier alpha value is -2.05. The number of imidazole rings is 1. The molecule has 0 unspecified atom stereocenters. The lowest BCUT2D eigenvalue weighted by molar-refractivity contribution is -0.250. The summed E-state index contributed by atoms with van der Waals surface area (Å²) in [6.07, 6.45) is -5.30. The van der Waals surface area contributed by atoms with Gasteiger partial charge in [-0.1, -0.05) is 0 Å². The van der Waals surface area contributed by atoms with Gasteiger partial charge in [-0.2, -0.15) is 9.97 Å². The summed E-state index contributed by atoms with van der Waals surface area (Å²) in [4.78, 5) is 11.8. The van der Waals surface area contributed by atoms with Gasteiger partial charge in [0.25, 0.3) is 0 Å². The highest BCUT2D eigenvalue weighted by Gasteiger charge is 2.44. The lowest BCUT2D eigenvalue weighted by atomic mass is 9.98. The number of aromatic nitrogens is 4. The van der Waals surface area contributed by atoms with E-state index in [0.717, 1.165) is 0 Å². The molecule has 11 nitrogen and oxygen atoms in total. The number of ether oxygens (including phenoxy) is 1. The molecule has 5 atom stereocenters. The fourth-order valence-corrected chi connectivity index (χ4v) is 2.45. The van der Waals surface area contributed by atoms with Gasteiger partial charge in [0.1, 0.15) is 29.9 Å². The van der Waals surface area contributed by atoms with Crippen LogP contribution in [0.15, 0.2) is 6.33 Å². The molecular weight excluding hydrogens is 296 g/mol. The van der Waals surface area contributed by atoms with Crippen LogP contribution in [-0.2, 0) is 4.74 Å². The van der Waals surface area contributed by atoms with Crippen LogP contribution in [-0.4, -0.2) is 71.0 Å². The molecule has 0 spiro atoms. The number of aliphatic hydroxyl groups excluding tert-OH is 4. The normalized spacial score (nSPS) is 32.5. The minimum atomic E-state index is -1.51. The van der Waals surface area contributed by atoms with Crippen molar-refractivity contribution in [3.63, 3.8) is 0 Å². The Morgan fingerprint density at radius 1 is 1.14 bits per heavy atom. The Balaban J connectivity index is 2.06. The van der Waals surface area contributed by atoms with Crippen molar-refractivity contribution in [3.05, 3.63) is 6.33 Å². The van der Waals surface area contributed by atoms with E-state index in [9.17, 15) is 20.4 Å². The highest BCUT2D eigenvalue weighted by molar-refractivity contribution is 5.82. The number of fused-ring (bicyclic) bond motifs is 1. The minimum Gasteiger partial charge on any atom is -0.394 e. The Morgan fingerprint density at radius 2 is 1.86 bits per heavy atom. The Labute approximate surface area is 123 Å². The van der Waals surface area contributed by atoms with Crippen molar-refractivity contribution in [2.75, 3.05) is 18.1 Å². The quantitative estimate of drug-likeness (QED) is 0.333. The van der Waals surface area contributed by atoms with Crippen LogP contribution in [0.25, 0.3) is 11.2 Å². The monoisotopic (exact) mass is 312 g/mol. The summed E-state index contributed by atoms with van der Waals surface area (Å²) >= 11 is 0. The zero-order valence-corrected chi connectivity index (χ0v) is 11.3. The van der Waals surface area contributed by atoms with E-state index in [1.807, 2.05) is 0 Å². The van der Waals surface area contributed by atoms with Gasteiger partial charge in [-0.25, -0.2) is 4.98 Å². The van der Waals surface area contributed by atoms with E-state index < -0.39 is 37.3 Å². The van der Waals surface area contributed by atoms with Crippen LogP contribution in [0.1, 0.15) is 6.23 Å². The zero-order chi connectivity index (χ0) is 16.0. The van der Waals surface area contributed by atoms with Gasteiger partial charge in [-0.15, -0.1) is 0 Å². The van der Waals surface area contributed by atoms with Gasteiger partial charge < -0.3 is 36.6 Å². The standard InChI is InChI=1S/C11H16N6O5/c12-8-4-9(16-11(13)15-8)17(2-14-4)10-7(21)6(20)5(19)3(1-18)22-10/h2-3,5-7,10,18-21H,1H2,(H4,12,13,15,16)/t3-,5-,6+,7-,10-/m1/s1. The van der Waals surface area contributed by atoms with Crippen LogP contribution < -0.4 is 11.5 Å². The van der Waals surface area contributed by atoms with Crippen LogP contribution >= 0.6 is 0 Å². The van der Waals surface area contributed by atoms with Gasteiger partial charge >= 0.3 is 0 Å². The second-order valence-electron chi connectivity index (χ2n) is 5.01. The first-order chi connectivity index (χ1) is 10.4. The first-order valence-corrected chi connectivity index (χ1v) is 6.50. The highest BCUT2D eigenvalue weighted by atomic mass is 16.6. The Morgan fingerprint density at radius 3 is 2.55 bits per heavy atom. The maximum Gasteiger partial charge on any atom is 0.224 e. The van der Waals surface area contributed by atoms with Gasteiger partial charge in [0, 0.05) is 0 Å². The predicted octanol–water partition coefficient (Wildman–Crippen LogP) is -3.04. The topological polar surface area (TPSA) is 186 Å². The lowest BCUT2D eigenvalue weighted by Gasteiger charge is -2.40. The van der Waals surface area contributed by atoms with Crippen LogP contribution in [0.4, 0.5) is 11.8 Å². The van der Waals surface area contributed by atoms with Crippen LogP contribution in [0.5, 0.6) is 0 Å². The molecule has 3 heterocycles. The minimum absolute atomic E-state index is 0.0610. The zero-order valence-electron chi connectivity index (χ0n) is 11.3. The molecule has 1 saturated heterocycles. The van der Waals surface area contributed by atoms with Gasteiger partial charge in [-0.05, 0) is 0 Å². The fourth-order valence-electron chi connectivity index (χ4n) is 2.45. The molecule has 1 aliphatic rings. The maximum absolute atomic E-state index is 10.1. The summed E-state index contributed by atoms with van der Waals surface area (Å²) in [5, 5.41) is 39.0. The molecule has 0 bridgehead atoms. The third-order valence-corrected chi connectivity index (χ3v) is 3.61. The summed E-state index contributed by atoms with van der Waals surface area (Å²) in [5.41, 5.74) is 11.7. The number of rotatable bonds is 2. The second kappa shape index (κ2) is 5.30. The van der Waals surface area contributed by atoms with Gasteiger partial charge in [-0.3, -0.25) is 4.57 Å². The van der Waals surface area contributed by atoms with Crippen LogP contribution in [0.3, 0.4) is 0 Å². The fraction of sp³-hybridized carbons (Fsp3) is 0.545. The molecule has 120 valence electrons. The van der Waals surface area contributed by atoms with E-state index in [-0.39, 0.29) is 22.9 Å². The largest absolute Gasteiger partial charge is 0.394 e. The van der Waals surface area contributed by atoms with Gasteiger partial charge in [0.05, 0.1) is 12.9 Å². The maximum atomic E-state index is 10.1. The molecule has 0 aromatic carbocycles. The van der Waals surface area contributed by atoms with Crippen molar-refractivity contribution >= 4 is 22.9 Å². The van der Waals surface area contributed by atoms with E-state index in [1.165, 1.54) is 10.9 Å². The first kappa shape index (κ1) is 14.9. The van der Waals surface area contributed by atoms with Crippen molar-refractivity contribution in [2.24, 2.45) is 0 Å². The summed E-state index contributed by atoms with van der Waals surface area (Å²) in [5.74, 6) is -0.0258. The van der Waals surface area contributed by atoms with E-state index in [2.05, 4.69) is 15.0 Å². The number of anilines is 2. The predicted molar refractivity (Wildman–Crippen MR) is 73.2 cm³/mol. The van der Waals surface area contributed by atoms with Gasteiger partial charge in [0.2, 0.25) is 5.95 Å². The molecule has 1 aliphatic heterocycles. The summed E-state index contributed by atoms with van der Waals surface area (Å²) in [6, 6.07) is 0. The first-order valence-electron chi connectivity index (χ1n) is 6.50. The smallest absolute Gasteiger partial charge is 0.224 e. The highest BCUT2D eigenvalue weighted by Crippen LogP contribution is 2.31. The van der Waals surface area contributed by atoms with E-state index in [0.29, 0.717) is 0 Å². The second-order valence-corrected chi connectivity index (χ2v) is 5.01. The Kier molecular flexibility index (Phi) is 3.58. The number of nitrogens with zero attached hydrogens (tertiary/aromatic N) is 4.